The number of aliphatic hydroxyl groups is 1. The number of halogens is 9. The highest BCUT2D eigenvalue weighted by Crippen LogP contribution is 2.61. The quantitative estimate of drug-likeness (QED) is 0.00786. The van der Waals surface area contributed by atoms with Crippen LogP contribution in [0.4, 0.5) is 17.3 Å². The number of alkyl halides is 1. The molecule has 6 aromatic heterocycles. The maximum Gasteiger partial charge on any atom is 0.643 e. The minimum atomic E-state index is -3.22. The van der Waals surface area contributed by atoms with Crippen LogP contribution in [-0.4, -0.2) is 101 Å². The number of esters is 2. The predicted molar refractivity (Wildman–Crippen MR) is 499 cm³/mol. The van der Waals surface area contributed by atoms with Crippen LogP contribution in [-0.2, 0) is 42.5 Å². The van der Waals surface area contributed by atoms with Crippen LogP contribution in [0.5, 0.6) is 0 Å². The molecule has 1 amide bonds. The molecule has 11 aromatic rings. The molecular formula is C84H103AlCl9N13O13P2. The molecule has 0 radical (unpaired) electrons. The Morgan fingerprint density at radius 3 is 1.13 bits per heavy atom. The van der Waals surface area contributed by atoms with Gasteiger partial charge in [0, 0.05) is 55.3 Å². The van der Waals surface area contributed by atoms with Gasteiger partial charge in [0.1, 0.15) is 52.8 Å². The van der Waals surface area contributed by atoms with Crippen LogP contribution in [0, 0.1) is 168 Å². The molecule has 11 rings (SSSR count). The van der Waals surface area contributed by atoms with Crippen LogP contribution in [0.25, 0.3) is 44.8 Å². The molecule has 122 heavy (non-hydrogen) atoms. The number of nitrogens with zero attached hydrogens (tertiary/aromatic N) is 9. The third-order valence-corrected chi connectivity index (χ3v) is 17.6. The lowest BCUT2D eigenvalue weighted by molar-refractivity contribution is -0.244. The van der Waals surface area contributed by atoms with Crippen molar-refractivity contribution in [2.45, 2.75) is 173 Å². The number of amides is 1. The molecule has 0 saturated carbocycles. The van der Waals surface area contributed by atoms with E-state index in [0.717, 1.165) is 73.3 Å². The Kier molecular flexibility index (Phi) is 47.9. The number of aliphatic hydroxyl groups excluding tert-OH is 1. The maximum atomic E-state index is 12.1. The second-order valence-electron chi connectivity index (χ2n) is 27.8. The molecule has 1 atom stereocenters. The van der Waals surface area contributed by atoms with Gasteiger partial charge in [0.15, 0.2) is 11.4 Å². The van der Waals surface area contributed by atoms with Crippen LogP contribution >= 0.6 is 112 Å². The maximum absolute atomic E-state index is 12.1. The first-order valence-corrected chi connectivity index (χ1v) is 48.6. The van der Waals surface area contributed by atoms with Gasteiger partial charge in [0.05, 0.1) is 50.5 Å². The molecule has 1 unspecified atom stereocenters. The molecule has 0 spiro atoms. The fourth-order valence-electron chi connectivity index (χ4n) is 13.0. The molecule has 0 aliphatic rings. The van der Waals surface area contributed by atoms with Gasteiger partial charge in [-0.3, -0.25) is 51.6 Å². The van der Waals surface area contributed by atoms with Gasteiger partial charge < -0.3 is 36.5 Å². The van der Waals surface area contributed by atoms with Crippen LogP contribution in [0.1, 0.15) is 158 Å². The Balaban J connectivity index is 0.00000140. The van der Waals surface area contributed by atoms with Crippen molar-refractivity contribution in [1.29, 1.82) is 10.5 Å². The number of carbonyl (C=O) groups is 5. The third kappa shape index (κ3) is 36.4. The van der Waals surface area contributed by atoms with E-state index >= 15 is 0 Å². The monoisotopic (exact) mass is 1910 g/mol. The summed E-state index contributed by atoms with van der Waals surface area (Å²) in [5.74, 6) is 0.783. The highest BCUT2D eigenvalue weighted by molar-refractivity contribution is 8.24. The first-order chi connectivity index (χ1) is 56.3. The van der Waals surface area contributed by atoms with Gasteiger partial charge in [0.2, 0.25) is 11.1 Å². The van der Waals surface area contributed by atoms with Crippen LogP contribution < -0.4 is 27.2 Å². The number of rotatable bonds is 8. The number of hydrogen-bond acceptors (Lipinski definition) is 20. The van der Waals surface area contributed by atoms with E-state index in [4.69, 9.17) is 102 Å². The Labute approximate surface area is 760 Å². The van der Waals surface area contributed by atoms with E-state index in [0.29, 0.717) is 45.0 Å². The zero-order valence-electron chi connectivity index (χ0n) is 72.4. The summed E-state index contributed by atoms with van der Waals surface area (Å²) in [5, 5.41) is 34.3. The van der Waals surface area contributed by atoms with Crippen molar-refractivity contribution in [2.24, 2.45) is 0 Å². The topological polar surface area (TPSA) is 404 Å². The Morgan fingerprint density at radius 1 is 0.557 bits per heavy atom. The summed E-state index contributed by atoms with van der Waals surface area (Å²) in [4.78, 5) is 87.3. The molecule has 26 nitrogen and oxygen atoms in total. The van der Waals surface area contributed by atoms with Gasteiger partial charge in [0.25, 0.3) is 5.56 Å². The van der Waals surface area contributed by atoms with Crippen molar-refractivity contribution >= 4 is 192 Å². The molecule has 0 aliphatic heterocycles. The number of nitrogens with one attached hydrogen (secondary N) is 2. The molecule has 5 aromatic carbocycles. The number of aromatic amines is 1. The summed E-state index contributed by atoms with van der Waals surface area (Å²) in [6.07, 6.45) is 0. The van der Waals surface area contributed by atoms with E-state index in [1.807, 2.05) is 83.6 Å². The summed E-state index contributed by atoms with van der Waals surface area (Å²) in [6, 6.07) is 33.2. The summed E-state index contributed by atoms with van der Waals surface area (Å²) in [6.45, 7) is 47.7. The molecule has 8 N–H and O–H groups in total. The summed E-state index contributed by atoms with van der Waals surface area (Å²) < 4.78 is 33.3. The first kappa shape index (κ1) is 112. The predicted octanol–water partition coefficient (Wildman–Crippen LogP) is 21.7. The van der Waals surface area contributed by atoms with Crippen molar-refractivity contribution in [3.8, 4) is 34.9 Å². The van der Waals surface area contributed by atoms with Crippen LogP contribution in [0.2, 0.25) is 5.15 Å². The number of anilines is 3. The number of aryl methyl sites for hydroxylation is 21. The van der Waals surface area contributed by atoms with Gasteiger partial charge in [-0.1, -0.05) is 100 Å². The van der Waals surface area contributed by atoms with Gasteiger partial charge in [-0.25, -0.2) is 50.4 Å². The number of Topliss-reactive ketones (excluding diaryl/α,β-unsaturated/α-hetero) is 1. The Hall–Kier alpha value is -8.46. The average molecular weight is 1910 g/mol. The van der Waals surface area contributed by atoms with Crippen LogP contribution in [0.3, 0.4) is 0 Å². The fraction of sp³-hybridized carbons (Fsp3) is 0.321. The smallest absolute Gasteiger partial charge is 0.565 e. The molecule has 6 heterocycles. The van der Waals surface area contributed by atoms with Gasteiger partial charge >= 0.3 is 36.8 Å². The third-order valence-electron chi connectivity index (χ3n) is 16.7. The summed E-state index contributed by atoms with van der Waals surface area (Å²) >= 11 is 27.9. The standard InChI is InChI=1S/C17H18ClN3.2C17H19N3O.C15H17N3.C9H13N.C4H6O3.C3H6O2.C2H2Cl2O.Al.Cl3OP.3ClH.HO4P.H2/c1-9-6-10(2)15(11(3)7-9)21-12(4)8-14-16(18)19-13(5)20-17(14)21;1-9-6-10(2)15(11(3)7-9)20-12(4)8-14-16(20)18-13(5)19-17(14)21;1-10-6-11(2)16(12(3)7-10)20-13(4)8-15(9-18)17(20)19-14(5)21;1-9-5-10(2)14(11(3)6-9)18-12(4)7-13(8-16)15(18)17;1-6-4-7(2)9(10)8(3)5-6;1-3(5)7-4(2)6;1-3(5)2-4;3-1-2(4)5;;1-5(2,3)4;;;;1-4-5(2)3;/h6-8H,1-5H3;6-8H,1-5H3,(H,18,19,21);6-8H,1-5H3,(H,19,21);5-7H,17H2,1-4H3;4-5H,10H2,1-3H3;1-2H3;4H,2H2,1H3;1H2;;;3*1H;1H;1H/q;;;;;;;;+3;;;;;;/p-3. The van der Waals surface area contributed by atoms with Crippen molar-refractivity contribution in [3.05, 3.63) is 229 Å². The molecule has 658 valence electrons. The average Bonchev–Trinajstić information content (AvgIpc) is 1.67. The number of benzene rings is 5. The zero-order chi connectivity index (χ0) is 94.3. The number of carbonyl (C=O) groups excluding carboxylic acids is 5. The van der Waals surface area contributed by atoms with E-state index in [1.165, 1.54) is 106 Å². The van der Waals surface area contributed by atoms with Crippen LogP contribution in [0.15, 0.2) is 89.7 Å². The van der Waals surface area contributed by atoms with Gasteiger partial charge in [-0.05, 0) is 282 Å². The number of H-pyrrole nitrogens is 1. The van der Waals surface area contributed by atoms with E-state index in [9.17, 15) is 38.6 Å². The Bertz CT molecular complexity index is 5640. The van der Waals surface area contributed by atoms with E-state index in [1.54, 1.807) is 6.07 Å². The van der Waals surface area contributed by atoms with E-state index in [-0.39, 0.29) is 31.2 Å². The zero-order valence-corrected chi connectivity index (χ0v) is 82.2. The number of ether oxygens (including phenoxy) is 1. The Morgan fingerprint density at radius 2 is 0.844 bits per heavy atom. The highest BCUT2D eigenvalue weighted by atomic mass is 36.0. The number of nitrogen functional groups attached to an aromatic ring is 2. The molecule has 38 heteroatoms. The molecule has 0 saturated heterocycles. The molecular weight excluding hydrogens is 1810 g/mol. The van der Waals surface area contributed by atoms with Crippen molar-refractivity contribution in [1.82, 2.24) is 38.2 Å². The van der Waals surface area contributed by atoms with Gasteiger partial charge in [-0.15, -0.1) is 11.6 Å². The molecule has 0 aliphatic carbocycles. The van der Waals surface area contributed by atoms with E-state index < -0.39 is 42.0 Å². The number of aromatic nitrogens is 8. The highest BCUT2D eigenvalue weighted by Gasteiger charge is 2.22. The minimum absolute atomic E-state index is 0. The number of nitriles is 2. The number of nitrogens with two attached hydrogens (primary N) is 2. The molecule has 0 bridgehead atoms. The van der Waals surface area contributed by atoms with E-state index in [2.05, 4.69) is 239 Å². The first-order valence-electron chi connectivity index (χ1n) is 36.5. The summed E-state index contributed by atoms with van der Waals surface area (Å²) in [5.41, 5.74) is 41.7. The van der Waals surface area contributed by atoms with Gasteiger partial charge in [-0.2, -0.15) is 10.5 Å². The molecule has 0 fully saturated rings. The number of hydrogen-bond donors (Lipinski definition) is 6. The summed E-state index contributed by atoms with van der Waals surface area (Å²) in [7, 11) is 11.8. The lowest BCUT2D eigenvalue weighted by Crippen LogP contribution is -2.13. The SMILES string of the molecule is CC(=O)CO.CC(=O)Nc1c(C#N)cc(C)n1-c1c(C)cc(C)cc1C.CC(=O)OC(C)=O.Cc1cc(C)c(-n2c(C)cc(C#N)c2N)c(C)c1.Cc1cc(C)c(-n2c(C)cc3c(=O)[nH]c(C)nc32)c(C)c1.Cc1cc(C)c(-n2c(C)cc3c(Cl)nc(C)nc32)c(C)c1.Cc1cc(C)c(N)c(C)c1.O=C(Cl)CCl.O=P(Cl)(Cl)Cl.O=[P+]([O-])OO.[Cl][Al]([Cl])[Cl].[HH]. The lowest BCUT2D eigenvalue weighted by atomic mass is 10.0. The fourth-order valence-corrected chi connectivity index (χ4v) is 13.3. The second-order valence-corrected chi connectivity index (χ2v) is 42.6. The second kappa shape index (κ2) is 52.4. The van der Waals surface area contributed by atoms with Crippen molar-refractivity contribution < 1.29 is 59.2 Å². The largest absolute Gasteiger partial charge is 0.643 e. The van der Waals surface area contributed by atoms with Crippen molar-refractivity contribution in [3.63, 3.8) is 0 Å². The number of fused-ring (bicyclic) bond motifs is 2. The van der Waals surface area contributed by atoms with Crippen molar-refractivity contribution in [2.75, 3.05) is 29.3 Å². The lowest BCUT2D eigenvalue weighted by Gasteiger charge is -2.18. The normalized spacial score (nSPS) is 10.2. The minimum Gasteiger partial charge on any atom is -0.565 e. The number of ketones is 1.